The number of ether oxygens (including phenoxy) is 2. The van der Waals surface area contributed by atoms with Crippen LogP contribution in [-0.2, 0) is 4.74 Å². The van der Waals surface area contributed by atoms with E-state index in [1.807, 2.05) is 6.92 Å². The average molecular weight is 309 g/mol. The summed E-state index contributed by atoms with van der Waals surface area (Å²) in [6.45, 7) is 0.720. The second-order valence-corrected chi connectivity index (χ2v) is 4.56. The van der Waals surface area contributed by atoms with Crippen molar-refractivity contribution in [3.05, 3.63) is 29.6 Å². The van der Waals surface area contributed by atoms with Gasteiger partial charge >= 0.3 is 6.18 Å². The fourth-order valence-corrected chi connectivity index (χ4v) is 1.68. The van der Waals surface area contributed by atoms with Gasteiger partial charge < -0.3 is 14.8 Å². The van der Waals surface area contributed by atoms with Crippen molar-refractivity contribution < 1.29 is 27.0 Å². The molecule has 1 unspecified atom stereocenters. The number of benzene rings is 1. The number of alkyl halides is 3. The molecule has 0 aliphatic rings. The summed E-state index contributed by atoms with van der Waals surface area (Å²) in [5, 5.41) is 3.02. The van der Waals surface area contributed by atoms with Crippen LogP contribution in [0.5, 0.6) is 5.75 Å². The minimum absolute atomic E-state index is 0.0259. The van der Waals surface area contributed by atoms with Crippen LogP contribution in [0.4, 0.5) is 17.6 Å². The molecular weight excluding hydrogens is 290 g/mol. The van der Waals surface area contributed by atoms with E-state index in [0.717, 1.165) is 5.56 Å². The highest BCUT2D eigenvalue weighted by molar-refractivity contribution is 5.36. The zero-order chi connectivity index (χ0) is 15.9. The third-order valence-electron chi connectivity index (χ3n) is 2.83. The van der Waals surface area contributed by atoms with E-state index in [0.29, 0.717) is 12.2 Å². The van der Waals surface area contributed by atoms with Crippen LogP contribution in [0.3, 0.4) is 0 Å². The molecule has 1 atom stereocenters. The number of halogens is 4. The summed E-state index contributed by atoms with van der Waals surface area (Å²) < 4.78 is 58.7. The Morgan fingerprint density at radius 3 is 2.57 bits per heavy atom. The molecular formula is C14H19F4NO2. The first-order valence-corrected chi connectivity index (χ1v) is 6.57. The first kappa shape index (κ1) is 17.7. The number of hydrogen-bond acceptors (Lipinski definition) is 3. The van der Waals surface area contributed by atoms with Crippen LogP contribution < -0.4 is 10.1 Å². The molecule has 0 saturated carbocycles. The largest absolute Gasteiger partial charge is 0.493 e. The number of rotatable bonds is 8. The molecule has 1 aromatic rings. The van der Waals surface area contributed by atoms with Crippen molar-refractivity contribution in [3.8, 4) is 5.75 Å². The third kappa shape index (κ3) is 6.77. The Morgan fingerprint density at radius 1 is 1.24 bits per heavy atom. The van der Waals surface area contributed by atoms with Crippen LogP contribution in [0.25, 0.3) is 0 Å². The van der Waals surface area contributed by atoms with E-state index in [-0.39, 0.29) is 19.3 Å². The minimum Gasteiger partial charge on any atom is -0.493 e. The van der Waals surface area contributed by atoms with Crippen LogP contribution in [0, 0.1) is 5.82 Å². The maximum absolute atomic E-state index is 13.2. The Morgan fingerprint density at radius 2 is 1.95 bits per heavy atom. The smallest absolute Gasteiger partial charge is 0.411 e. The Bertz CT molecular complexity index is 437. The lowest BCUT2D eigenvalue weighted by molar-refractivity contribution is -0.174. The minimum atomic E-state index is -4.32. The van der Waals surface area contributed by atoms with Gasteiger partial charge in [0.05, 0.1) is 13.2 Å². The van der Waals surface area contributed by atoms with Crippen LogP contribution >= 0.6 is 0 Å². The van der Waals surface area contributed by atoms with Gasteiger partial charge in [0.2, 0.25) is 0 Å². The van der Waals surface area contributed by atoms with E-state index in [4.69, 9.17) is 4.74 Å². The molecule has 0 heterocycles. The predicted octanol–water partition coefficient (Wildman–Crippen LogP) is 3.45. The van der Waals surface area contributed by atoms with Crippen LogP contribution in [0.2, 0.25) is 0 Å². The van der Waals surface area contributed by atoms with E-state index in [1.165, 1.54) is 12.1 Å². The molecule has 0 amide bonds. The summed E-state index contributed by atoms with van der Waals surface area (Å²) in [5.41, 5.74) is 0.787. The van der Waals surface area contributed by atoms with Gasteiger partial charge in [-0.1, -0.05) is 6.07 Å². The van der Waals surface area contributed by atoms with Crippen molar-refractivity contribution >= 4 is 0 Å². The molecule has 0 aliphatic heterocycles. The van der Waals surface area contributed by atoms with Gasteiger partial charge in [-0.25, -0.2) is 4.39 Å². The molecule has 0 aliphatic carbocycles. The van der Waals surface area contributed by atoms with Crippen LogP contribution in [0.1, 0.15) is 24.9 Å². The molecule has 21 heavy (non-hydrogen) atoms. The molecule has 1 aromatic carbocycles. The van der Waals surface area contributed by atoms with Crippen LogP contribution in [-0.4, -0.2) is 33.0 Å². The van der Waals surface area contributed by atoms with Gasteiger partial charge in [0.25, 0.3) is 0 Å². The fourth-order valence-electron chi connectivity index (χ4n) is 1.68. The maximum Gasteiger partial charge on any atom is 0.411 e. The third-order valence-corrected chi connectivity index (χ3v) is 2.83. The van der Waals surface area contributed by atoms with Crippen molar-refractivity contribution in [2.45, 2.75) is 25.6 Å². The van der Waals surface area contributed by atoms with E-state index in [9.17, 15) is 17.6 Å². The number of nitrogens with one attached hydrogen (secondary N) is 1. The summed E-state index contributed by atoms with van der Waals surface area (Å²) in [6, 6.07) is 4.19. The lowest BCUT2D eigenvalue weighted by Gasteiger charge is -2.16. The molecule has 7 heteroatoms. The SMILES string of the molecule is CNC(C)c1ccc(F)cc1OCCCOCC(F)(F)F. The molecule has 3 nitrogen and oxygen atoms in total. The molecule has 120 valence electrons. The van der Waals surface area contributed by atoms with Gasteiger partial charge in [-0.05, 0) is 20.0 Å². The second kappa shape index (κ2) is 8.19. The van der Waals surface area contributed by atoms with Gasteiger partial charge in [-0.3, -0.25) is 0 Å². The maximum atomic E-state index is 13.2. The molecule has 0 spiro atoms. The quantitative estimate of drug-likeness (QED) is 0.589. The Balaban J connectivity index is 2.42. The molecule has 0 radical (unpaired) electrons. The normalized spacial score (nSPS) is 13.2. The molecule has 1 rings (SSSR count). The van der Waals surface area contributed by atoms with Crippen molar-refractivity contribution in [3.63, 3.8) is 0 Å². The lowest BCUT2D eigenvalue weighted by Crippen LogP contribution is -2.18. The van der Waals surface area contributed by atoms with Crippen molar-refractivity contribution in [2.24, 2.45) is 0 Å². The van der Waals surface area contributed by atoms with Crippen molar-refractivity contribution in [2.75, 3.05) is 26.9 Å². The Kier molecular flexibility index (Phi) is 6.91. The highest BCUT2D eigenvalue weighted by Gasteiger charge is 2.27. The summed E-state index contributed by atoms with van der Waals surface area (Å²) in [4.78, 5) is 0. The van der Waals surface area contributed by atoms with Gasteiger partial charge in [0.15, 0.2) is 0 Å². The highest BCUT2D eigenvalue weighted by Crippen LogP contribution is 2.26. The monoisotopic (exact) mass is 309 g/mol. The Hall–Kier alpha value is -1.34. The second-order valence-electron chi connectivity index (χ2n) is 4.56. The topological polar surface area (TPSA) is 30.5 Å². The summed E-state index contributed by atoms with van der Waals surface area (Å²) >= 11 is 0. The lowest BCUT2D eigenvalue weighted by atomic mass is 10.1. The molecule has 0 fully saturated rings. The molecule has 0 aromatic heterocycles. The Labute approximate surface area is 121 Å². The van der Waals surface area contributed by atoms with Gasteiger partial charge in [-0.15, -0.1) is 0 Å². The van der Waals surface area contributed by atoms with E-state index < -0.39 is 18.6 Å². The zero-order valence-corrected chi connectivity index (χ0v) is 12.0. The van der Waals surface area contributed by atoms with Crippen molar-refractivity contribution in [1.29, 1.82) is 0 Å². The zero-order valence-electron chi connectivity index (χ0n) is 12.0. The molecule has 1 N–H and O–H groups in total. The van der Waals surface area contributed by atoms with E-state index in [1.54, 1.807) is 13.1 Å². The molecule has 0 bridgehead atoms. The summed E-state index contributed by atoms with van der Waals surface area (Å²) in [6.07, 6.45) is -4.03. The summed E-state index contributed by atoms with van der Waals surface area (Å²) in [7, 11) is 1.77. The first-order valence-electron chi connectivity index (χ1n) is 6.57. The standard InChI is InChI=1S/C14H19F4NO2/c1-10(19-2)12-5-4-11(15)8-13(12)21-7-3-6-20-9-14(16,17)18/h4-5,8,10,19H,3,6-7,9H2,1-2H3. The fraction of sp³-hybridized carbons (Fsp3) is 0.571. The van der Waals surface area contributed by atoms with Crippen molar-refractivity contribution in [1.82, 2.24) is 5.32 Å². The highest BCUT2D eigenvalue weighted by atomic mass is 19.4. The average Bonchev–Trinajstić information content (AvgIpc) is 2.41. The van der Waals surface area contributed by atoms with E-state index in [2.05, 4.69) is 10.1 Å². The van der Waals surface area contributed by atoms with E-state index >= 15 is 0 Å². The van der Waals surface area contributed by atoms with Crippen LogP contribution in [0.15, 0.2) is 18.2 Å². The first-order chi connectivity index (χ1) is 9.83. The predicted molar refractivity (Wildman–Crippen MR) is 70.9 cm³/mol. The molecule has 0 saturated heterocycles. The number of hydrogen-bond donors (Lipinski definition) is 1. The van der Waals surface area contributed by atoms with Gasteiger partial charge in [0.1, 0.15) is 18.2 Å². The van der Waals surface area contributed by atoms with Gasteiger partial charge in [0, 0.05) is 24.1 Å². The van der Waals surface area contributed by atoms with Gasteiger partial charge in [-0.2, -0.15) is 13.2 Å². The summed E-state index contributed by atoms with van der Waals surface area (Å²) in [5.74, 6) is -0.0435.